The Morgan fingerprint density at radius 1 is 1.15 bits per heavy atom. The van der Waals surface area contributed by atoms with Gasteiger partial charge in [-0.25, -0.2) is 4.98 Å². The van der Waals surface area contributed by atoms with E-state index >= 15 is 0 Å². The molecule has 2 N–H and O–H groups in total. The molecule has 4 saturated carbocycles. The Hall–Kier alpha value is -1.70. The van der Waals surface area contributed by atoms with E-state index in [4.69, 9.17) is 9.72 Å². The third-order valence-corrected chi connectivity index (χ3v) is 9.17. The van der Waals surface area contributed by atoms with Crippen LogP contribution in [0.3, 0.4) is 0 Å². The molecule has 6 fully saturated rings. The van der Waals surface area contributed by atoms with E-state index in [0.717, 1.165) is 83.6 Å². The summed E-state index contributed by atoms with van der Waals surface area (Å²) >= 11 is 0. The quantitative estimate of drug-likeness (QED) is 0.728. The van der Waals surface area contributed by atoms with Gasteiger partial charge in [0, 0.05) is 51.0 Å². The van der Waals surface area contributed by atoms with E-state index in [1.54, 1.807) is 0 Å². The Balaban J connectivity index is 1.11. The number of aliphatic hydroxyl groups is 1. The number of piperazine rings is 1. The van der Waals surface area contributed by atoms with E-state index in [1.165, 1.54) is 0 Å². The number of ether oxygens (including phenoxy) is 1. The standard InChI is InChI=1S/C26H38N4O3/c1-17-16-29(21-5-9-33-10-6-21)7-8-30(17)23-4-2-3-22(27-23)25(31)28-24-19-11-18-12-20(24)15-26(32,13-18)14-19/h2-4,17-21,24,32H,5-16H2,1H3,(H,28,31). The van der Waals surface area contributed by atoms with Crippen molar-refractivity contribution in [3.05, 3.63) is 23.9 Å². The fourth-order valence-corrected chi connectivity index (χ4v) is 7.86. The smallest absolute Gasteiger partial charge is 0.270 e. The van der Waals surface area contributed by atoms with Crippen LogP contribution in [0, 0.1) is 17.8 Å². The zero-order chi connectivity index (χ0) is 22.6. The summed E-state index contributed by atoms with van der Waals surface area (Å²) in [6.45, 7) is 7.00. The average Bonchev–Trinajstić information content (AvgIpc) is 2.81. The SMILES string of the molecule is CC1CN(C2CCOCC2)CCN1c1cccc(C(=O)NC2C3CC4CC2CC(O)(C4)C3)n1. The van der Waals surface area contributed by atoms with Crippen molar-refractivity contribution in [2.24, 2.45) is 17.8 Å². The van der Waals surface area contributed by atoms with Gasteiger partial charge in [0.25, 0.3) is 5.91 Å². The molecule has 3 unspecified atom stereocenters. The summed E-state index contributed by atoms with van der Waals surface area (Å²) in [4.78, 5) is 23.0. The molecule has 2 aliphatic heterocycles. The molecule has 0 radical (unpaired) electrons. The Bertz CT molecular complexity index is 872. The molecule has 7 heteroatoms. The van der Waals surface area contributed by atoms with Gasteiger partial charge in [0.05, 0.1) is 5.60 Å². The van der Waals surface area contributed by atoms with E-state index in [0.29, 0.717) is 35.5 Å². The zero-order valence-electron chi connectivity index (χ0n) is 19.8. The van der Waals surface area contributed by atoms with Crippen LogP contribution in [0.5, 0.6) is 0 Å². The normalized spacial score (nSPS) is 39.1. The van der Waals surface area contributed by atoms with Crippen molar-refractivity contribution in [3.8, 4) is 0 Å². The summed E-state index contributed by atoms with van der Waals surface area (Å²) in [5.41, 5.74) is 0.0396. The van der Waals surface area contributed by atoms with Crippen LogP contribution in [0.1, 0.15) is 62.4 Å². The molecule has 180 valence electrons. The lowest BCUT2D eigenvalue weighted by Gasteiger charge is -2.58. The Kier molecular flexibility index (Phi) is 5.62. The summed E-state index contributed by atoms with van der Waals surface area (Å²) in [7, 11) is 0. The molecule has 7 nitrogen and oxygen atoms in total. The molecule has 1 aromatic rings. The molecule has 3 heterocycles. The molecule has 6 aliphatic rings. The number of nitrogens with zero attached hydrogens (tertiary/aromatic N) is 3. The summed E-state index contributed by atoms with van der Waals surface area (Å²) in [6, 6.07) is 7.02. The van der Waals surface area contributed by atoms with Gasteiger partial charge in [-0.05, 0) is 81.8 Å². The summed E-state index contributed by atoms with van der Waals surface area (Å²) in [6.07, 6.45) is 7.19. The third-order valence-electron chi connectivity index (χ3n) is 9.17. The molecule has 4 aliphatic carbocycles. The fourth-order valence-electron chi connectivity index (χ4n) is 7.86. The monoisotopic (exact) mass is 454 g/mol. The Morgan fingerprint density at radius 2 is 1.91 bits per heavy atom. The van der Waals surface area contributed by atoms with Crippen LogP contribution >= 0.6 is 0 Å². The van der Waals surface area contributed by atoms with Crippen LogP contribution in [-0.4, -0.2) is 77.5 Å². The average molecular weight is 455 g/mol. The minimum atomic E-state index is -0.473. The van der Waals surface area contributed by atoms with Crippen LogP contribution in [0.4, 0.5) is 5.82 Å². The molecule has 3 atom stereocenters. The van der Waals surface area contributed by atoms with E-state index < -0.39 is 5.60 Å². The number of amides is 1. The predicted octanol–water partition coefficient (Wildman–Crippen LogP) is 2.44. The second-order valence-corrected chi connectivity index (χ2v) is 11.5. The van der Waals surface area contributed by atoms with Crippen molar-refractivity contribution in [1.82, 2.24) is 15.2 Å². The number of rotatable bonds is 4. The molecule has 4 bridgehead atoms. The van der Waals surface area contributed by atoms with Gasteiger partial charge in [-0.2, -0.15) is 0 Å². The van der Waals surface area contributed by atoms with E-state index in [-0.39, 0.29) is 11.9 Å². The number of carbonyl (C=O) groups is 1. The first-order chi connectivity index (χ1) is 16.0. The van der Waals surface area contributed by atoms with Gasteiger partial charge in [0.2, 0.25) is 0 Å². The van der Waals surface area contributed by atoms with Crippen LogP contribution in [-0.2, 0) is 4.74 Å². The fraction of sp³-hybridized carbons (Fsp3) is 0.769. The van der Waals surface area contributed by atoms with E-state index in [2.05, 4.69) is 22.0 Å². The van der Waals surface area contributed by atoms with Gasteiger partial charge in [-0.15, -0.1) is 0 Å². The molecule has 1 aromatic heterocycles. The number of carbonyl (C=O) groups excluding carboxylic acids is 1. The molecule has 0 aromatic carbocycles. The van der Waals surface area contributed by atoms with Crippen molar-refractivity contribution in [3.63, 3.8) is 0 Å². The predicted molar refractivity (Wildman–Crippen MR) is 126 cm³/mol. The number of nitrogens with one attached hydrogen (secondary N) is 1. The minimum Gasteiger partial charge on any atom is -0.390 e. The minimum absolute atomic E-state index is 0.0604. The van der Waals surface area contributed by atoms with Crippen LogP contribution in [0.2, 0.25) is 0 Å². The molecule has 2 saturated heterocycles. The second kappa shape index (κ2) is 8.51. The Morgan fingerprint density at radius 3 is 2.61 bits per heavy atom. The maximum atomic E-state index is 13.2. The van der Waals surface area contributed by atoms with Crippen molar-refractivity contribution in [2.45, 2.75) is 75.6 Å². The van der Waals surface area contributed by atoms with Gasteiger partial charge < -0.3 is 20.1 Å². The van der Waals surface area contributed by atoms with Crippen LogP contribution in [0.15, 0.2) is 18.2 Å². The second-order valence-electron chi connectivity index (χ2n) is 11.5. The molecule has 33 heavy (non-hydrogen) atoms. The van der Waals surface area contributed by atoms with Crippen molar-refractivity contribution < 1.29 is 14.6 Å². The maximum Gasteiger partial charge on any atom is 0.270 e. The molecular formula is C26H38N4O3. The van der Waals surface area contributed by atoms with Crippen molar-refractivity contribution >= 4 is 11.7 Å². The van der Waals surface area contributed by atoms with Gasteiger partial charge >= 0.3 is 0 Å². The first-order valence-electron chi connectivity index (χ1n) is 13.1. The highest BCUT2D eigenvalue weighted by atomic mass is 16.5. The first-order valence-corrected chi connectivity index (χ1v) is 13.1. The van der Waals surface area contributed by atoms with Crippen molar-refractivity contribution in [1.29, 1.82) is 0 Å². The van der Waals surface area contributed by atoms with Gasteiger partial charge in [-0.3, -0.25) is 9.69 Å². The van der Waals surface area contributed by atoms with Crippen LogP contribution in [0.25, 0.3) is 0 Å². The lowest BCUT2D eigenvalue weighted by Crippen LogP contribution is -2.61. The number of hydrogen-bond acceptors (Lipinski definition) is 6. The van der Waals surface area contributed by atoms with Crippen molar-refractivity contribution in [2.75, 3.05) is 37.7 Å². The van der Waals surface area contributed by atoms with E-state index in [1.807, 2.05) is 18.2 Å². The topological polar surface area (TPSA) is 77.9 Å². The van der Waals surface area contributed by atoms with Crippen LogP contribution < -0.4 is 10.2 Å². The highest BCUT2D eigenvalue weighted by Gasteiger charge is 2.55. The third kappa shape index (κ3) is 4.17. The largest absolute Gasteiger partial charge is 0.390 e. The zero-order valence-corrected chi connectivity index (χ0v) is 19.8. The number of hydrogen-bond donors (Lipinski definition) is 2. The first kappa shape index (κ1) is 21.8. The lowest BCUT2D eigenvalue weighted by molar-refractivity contribution is -0.136. The number of anilines is 1. The lowest BCUT2D eigenvalue weighted by atomic mass is 9.52. The highest BCUT2D eigenvalue weighted by Crippen LogP contribution is 2.55. The van der Waals surface area contributed by atoms with Gasteiger partial charge in [-0.1, -0.05) is 6.07 Å². The number of aromatic nitrogens is 1. The van der Waals surface area contributed by atoms with Gasteiger partial charge in [0.1, 0.15) is 11.5 Å². The Labute approximate surface area is 196 Å². The van der Waals surface area contributed by atoms with E-state index in [9.17, 15) is 9.90 Å². The molecule has 7 rings (SSSR count). The van der Waals surface area contributed by atoms with Gasteiger partial charge in [0.15, 0.2) is 0 Å². The number of pyridine rings is 1. The molecule has 0 spiro atoms. The summed E-state index contributed by atoms with van der Waals surface area (Å²) < 4.78 is 5.54. The highest BCUT2D eigenvalue weighted by molar-refractivity contribution is 5.93. The summed E-state index contributed by atoms with van der Waals surface area (Å²) in [5.74, 6) is 2.30. The molecule has 1 amide bonds. The molecular weight excluding hydrogens is 416 g/mol. The summed E-state index contributed by atoms with van der Waals surface area (Å²) in [5, 5.41) is 14.2. The maximum absolute atomic E-state index is 13.2.